The van der Waals surface area contributed by atoms with E-state index in [1.807, 2.05) is 0 Å². The van der Waals surface area contributed by atoms with Gasteiger partial charge in [0.25, 0.3) is 0 Å². The largest absolute Gasteiger partial charge is 0.481 e. The third-order valence-corrected chi connectivity index (χ3v) is 6.15. The molecule has 3 nitrogen and oxygen atoms in total. The minimum atomic E-state index is -0.608. The van der Waals surface area contributed by atoms with Crippen LogP contribution in [0.5, 0.6) is 0 Å². The van der Waals surface area contributed by atoms with Crippen molar-refractivity contribution in [2.75, 3.05) is 0 Å². The summed E-state index contributed by atoms with van der Waals surface area (Å²) in [6.07, 6.45) is 12.3. The van der Waals surface area contributed by atoms with Crippen LogP contribution in [0.3, 0.4) is 0 Å². The van der Waals surface area contributed by atoms with Gasteiger partial charge in [-0.1, -0.05) is 19.3 Å². The van der Waals surface area contributed by atoms with Crippen LogP contribution in [-0.4, -0.2) is 34.1 Å². The molecule has 2 saturated heterocycles. The Hall–Kier alpha value is -0.570. The highest BCUT2D eigenvalue weighted by molar-refractivity contribution is 5.67. The van der Waals surface area contributed by atoms with Crippen LogP contribution >= 0.6 is 0 Å². The predicted octanol–water partition coefficient (Wildman–Crippen LogP) is 3.67. The van der Waals surface area contributed by atoms with E-state index >= 15 is 0 Å². The first-order valence-corrected chi connectivity index (χ1v) is 8.64. The third-order valence-electron chi connectivity index (χ3n) is 6.15. The molecule has 3 aliphatic rings. The molecular formula is C17H29NO2. The smallest absolute Gasteiger partial charge is 0.303 e. The summed E-state index contributed by atoms with van der Waals surface area (Å²) in [5.74, 6) is 0.714. The average Bonchev–Trinajstić information content (AvgIpc) is 2.70. The summed E-state index contributed by atoms with van der Waals surface area (Å²) in [7, 11) is 0. The molecule has 3 unspecified atom stereocenters. The molecule has 3 fully saturated rings. The molecule has 3 rings (SSSR count). The van der Waals surface area contributed by atoms with Crippen molar-refractivity contribution in [1.29, 1.82) is 0 Å². The molecule has 0 aromatic carbocycles. The van der Waals surface area contributed by atoms with Crippen molar-refractivity contribution in [2.24, 2.45) is 11.8 Å². The van der Waals surface area contributed by atoms with E-state index in [1.54, 1.807) is 0 Å². The highest BCUT2D eigenvalue weighted by Gasteiger charge is 2.44. The van der Waals surface area contributed by atoms with Gasteiger partial charge in [0.1, 0.15) is 0 Å². The van der Waals surface area contributed by atoms with E-state index in [-0.39, 0.29) is 0 Å². The summed E-state index contributed by atoms with van der Waals surface area (Å²) in [6.45, 7) is 2.44. The van der Waals surface area contributed by atoms with Crippen molar-refractivity contribution in [1.82, 2.24) is 4.90 Å². The molecule has 20 heavy (non-hydrogen) atoms. The lowest BCUT2D eigenvalue weighted by Crippen LogP contribution is -2.50. The van der Waals surface area contributed by atoms with Crippen LogP contribution in [0.25, 0.3) is 0 Å². The van der Waals surface area contributed by atoms with Gasteiger partial charge in [-0.25, -0.2) is 0 Å². The van der Waals surface area contributed by atoms with Gasteiger partial charge in [0.15, 0.2) is 0 Å². The second-order valence-electron chi connectivity index (χ2n) is 7.41. The fraction of sp³-hybridized carbons (Fsp3) is 0.941. The molecule has 1 aliphatic carbocycles. The van der Waals surface area contributed by atoms with Crippen molar-refractivity contribution < 1.29 is 9.90 Å². The van der Waals surface area contributed by atoms with Gasteiger partial charge in [-0.2, -0.15) is 0 Å². The van der Waals surface area contributed by atoms with Crippen molar-refractivity contribution in [3.05, 3.63) is 0 Å². The summed E-state index contributed by atoms with van der Waals surface area (Å²) < 4.78 is 0. The van der Waals surface area contributed by atoms with Crippen LogP contribution in [0, 0.1) is 11.8 Å². The Kier molecular flexibility index (Phi) is 4.34. The van der Waals surface area contributed by atoms with E-state index in [0.717, 1.165) is 24.8 Å². The minimum Gasteiger partial charge on any atom is -0.481 e. The van der Waals surface area contributed by atoms with Crippen molar-refractivity contribution in [3.63, 3.8) is 0 Å². The molecule has 2 aliphatic heterocycles. The maximum Gasteiger partial charge on any atom is 0.303 e. The maximum atomic E-state index is 11.0. The summed E-state index contributed by atoms with van der Waals surface area (Å²) in [6, 6.07) is 2.07. The van der Waals surface area contributed by atoms with Crippen LogP contribution in [0.2, 0.25) is 0 Å². The molecule has 2 heterocycles. The lowest BCUT2D eigenvalue weighted by Gasteiger charge is -2.45. The molecule has 0 aromatic heterocycles. The Labute approximate surface area is 122 Å². The molecule has 3 atom stereocenters. The minimum absolute atomic E-state index is 0.388. The number of nitrogens with zero attached hydrogens (tertiary/aromatic N) is 1. The van der Waals surface area contributed by atoms with E-state index in [0.29, 0.717) is 24.4 Å². The maximum absolute atomic E-state index is 11.0. The first-order chi connectivity index (χ1) is 9.65. The summed E-state index contributed by atoms with van der Waals surface area (Å²) in [4.78, 5) is 13.8. The molecular weight excluding hydrogens is 250 g/mol. The standard InChI is InChI=1S/C17H29NO2/c1-12(14-5-3-2-4-6-14)18-15-7-8-16(18)10-13(9-15)11-17(19)20/h12-16H,2-11H2,1H3,(H,19,20). The molecule has 1 saturated carbocycles. The zero-order valence-corrected chi connectivity index (χ0v) is 12.8. The number of hydrogen-bond acceptors (Lipinski definition) is 2. The number of carboxylic acid groups (broad SMARTS) is 1. The van der Waals surface area contributed by atoms with E-state index in [2.05, 4.69) is 11.8 Å². The fourth-order valence-corrected chi connectivity index (χ4v) is 5.26. The van der Waals surface area contributed by atoms with Gasteiger partial charge < -0.3 is 5.11 Å². The highest BCUT2D eigenvalue weighted by atomic mass is 16.4. The van der Waals surface area contributed by atoms with Gasteiger partial charge in [-0.15, -0.1) is 0 Å². The molecule has 0 amide bonds. The molecule has 3 heteroatoms. The van der Waals surface area contributed by atoms with Crippen molar-refractivity contribution in [2.45, 2.75) is 89.3 Å². The summed E-state index contributed by atoms with van der Waals surface area (Å²) in [5, 5.41) is 9.02. The Balaban J connectivity index is 1.62. The number of fused-ring (bicyclic) bond motifs is 2. The average molecular weight is 279 g/mol. The third kappa shape index (κ3) is 2.88. The van der Waals surface area contributed by atoms with Gasteiger partial charge in [-0.05, 0) is 57.3 Å². The lowest BCUT2D eigenvalue weighted by molar-refractivity contribution is -0.138. The van der Waals surface area contributed by atoms with Crippen LogP contribution in [0.4, 0.5) is 0 Å². The Bertz CT molecular complexity index is 337. The Morgan fingerprint density at radius 1 is 1.10 bits per heavy atom. The number of piperidine rings is 1. The Morgan fingerprint density at radius 2 is 1.70 bits per heavy atom. The van der Waals surface area contributed by atoms with Crippen molar-refractivity contribution >= 4 is 5.97 Å². The normalized spacial score (nSPS) is 37.0. The number of carbonyl (C=O) groups is 1. The lowest BCUT2D eigenvalue weighted by atomic mass is 9.81. The molecule has 0 spiro atoms. The highest BCUT2D eigenvalue weighted by Crippen LogP contribution is 2.43. The molecule has 2 bridgehead atoms. The molecule has 0 aromatic rings. The van der Waals surface area contributed by atoms with Crippen LogP contribution in [0.15, 0.2) is 0 Å². The van der Waals surface area contributed by atoms with Gasteiger partial charge in [0, 0.05) is 24.5 Å². The topological polar surface area (TPSA) is 40.5 Å². The quantitative estimate of drug-likeness (QED) is 0.853. The van der Waals surface area contributed by atoms with Crippen LogP contribution in [0.1, 0.15) is 71.1 Å². The van der Waals surface area contributed by atoms with Crippen LogP contribution < -0.4 is 0 Å². The predicted molar refractivity (Wildman–Crippen MR) is 79.7 cm³/mol. The first kappa shape index (κ1) is 14.4. The number of carboxylic acids is 1. The number of rotatable bonds is 4. The zero-order chi connectivity index (χ0) is 14.1. The van der Waals surface area contributed by atoms with E-state index in [9.17, 15) is 4.79 Å². The Morgan fingerprint density at radius 3 is 2.25 bits per heavy atom. The van der Waals surface area contributed by atoms with E-state index in [4.69, 9.17) is 5.11 Å². The second kappa shape index (κ2) is 6.05. The number of hydrogen-bond donors (Lipinski definition) is 1. The summed E-state index contributed by atoms with van der Waals surface area (Å²) in [5.41, 5.74) is 0. The van der Waals surface area contributed by atoms with Gasteiger partial charge in [0.2, 0.25) is 0 Å². The number of aliphatic carboxylic acids is 1. The first-order valence-electron chi connectivity index (χ1n) is 8.64. The second-order valence-corrected chi connectivity index (χ2v) is 7.41. The SMILES string of the molecule is CC(C1CCCCC1)N1C2CCC1CC(CC(=O)O)C2. The molecule has 114 valence electrons. The van der Waals surface area contributed by atoms with Gasteiger partial charge in [0.05, 0.1) is 0 Å². The molecule has 1 N–H and O–H groups in total. The summed E-state index contributed by atoms with van der Waals surface area (Å²) >= 11 is 0. The van der Waals surface area contributed by atoms with Gasteiger partial charge >= 0.3 is 5.97 Å². The fourth-order valence-electron chi connectivity index (χ4n) is 5.26. The van der Waals surface area contributed by atoms with Gasteiger partial charge in [-0.3, -0.25) is 9.69 Å². The van der Waals surface area contributed by atoms with E-state index < -0.39 is 5.97 Å². The van der Waals surface area contributed by atoms with Crippen molar-refractivity contribution in [3.8, 4) is 0 Å². The zero-order valence-electron chi connectivity index (χ0n) is 12.8. The van der Waals surface area contributed by atoms with E-state index in [1.165, 1.54) is 44.9 Å². The molecule has 0 radical (unpaired) electrons. The monoisotopic (exact) mass is 279 g/mol. The van der Waals surface area contributed by atoms with Crippen LogP contribution in [-0.2, 0) is 4.79 Å².